The standard InChI is InChI=1S/C17H19N3O2S/c1-3-22-14-10-8-13(9-11-14)12-18-20-17(23)19-15-6-4-5-7-16(15)21-2/h4-12H,3H2,1-2H3,(H2,19,20,23). The molecule has 2 rings (SSSR count). The molecule has 0 fully saturated rings. The lowest BCUT2D eigenvalue weighted by Crippen LogP contribution is -2.24. The summed E-state index contributed by atoms with van der Waals surface area (Å²) in [7, 11) is 1.61. The molecule has 0 aromatic heterocycles. The summed E-state index contributed by atoms with van der Waals surface area (Å²) in [5, 5.41) is 7.53. The predicted octanol–water partition coefficient (Wildman–Crippen LogP) is 3.41. The number of rotatable bonds is 6. The second kappa shape index (κ2) is 8.75. The van der Waals surface area contributed by atoms with Crippen molar-refractivity contribution < 1.29 is 9.47 Å². The van der Waals surface area contributed by atoms with Gasteiger partial charge in [0.15, 0.2) is 5.11 Å². The van der Waals surface area contributed by atoms with Crippen LogP contribution in [0.15, 0.2) is 53.6 Å². The Balaban J connectivity index is 1.88. The van der Waals surface area contributed by atoms with Crippen LogP contribution in [0, 0.1) is 0 Å². The van der Waals surface area contributed by atoms with E-state index in [1.54, 1.807) is 13.3 Å². The van der Waals surface area contributed by atoms with Gasteiger partial charge in [0.2, 0.25) is 0 Å². The van der Waals surface area contributed by atoms with E-state index in [1.807, 2.05) is 55.5 Å². The molecule has 2 N–H and O–H groups in total. The highest BCUT2D eigenvalue weighted by molar-refractivity contribution is 7.80. The zero-order valence-corrected chi connectivity index (χ0v) is 13.9. The molecule has 5 nitrogen and oxygen atoms in total. The first-order chi connectivity index (χ1) is 11.2. The van der Waals surface area contributed by atoms with E-state index in [0.717, 1.165) is 17.0 Å². The number of hydrogen-bond acceptors (Lipinski definition) is 4. The molecule has 0 radical (unpaired) electrons. The number of anilines is 1. The van der Waals surface area contributed by atoms with Crippen molar-refractivity contribution >= 4 is 29.2 Å². The van der Waals surface area contributed by atoms with Gasteiger partial charge in [-0.3, -0.25) is 5.43 Å². The molecule has 0 aliphatic carbocycles. The average Bonchev–Trinajstić information content (AvgIpc) is 2.57. The third-order valence-corrected chi connectivity index (χ3v) is 3.12. The highest BCUT2D eigenvalue weighted by Gasteiger charge is 2.02. The number of nitrogens with zero attached hydrogens (tertiary/aromatic N) is 1. The van der Waals surface area contributed by atoms with Crippen molar-refractivity contribution in [2.75, 3.05) is 19.0 Å². The Labute approximate surface area is 141 Å². The van der Waals surface area contributed by atoms with Crippen molar-refractivity contribution in [2.24, 2.45) is 5.10 Å². The van der Waals surface area contributed by atoms with Gasteiger partial charge in [-0.2, -0.15) is 5.10 Å². The molecule has 2 aromatic rings. The zero-order valence-electron chi connectivity index (χ0n) is 13.1. The zero-order chi connectivity index (χ0) is 16.5. The van der Waals surface area contributed by atoms with E-state index in [-0.39, 0.29) is 0 Å². The van der Waals surface area contributed by atoms with Crippen molar-refractivity contribution in [3.8, 4) is 11.5 Å². The van der Waals surface area contributed by atoms with Crippen LogP contribution in [0.2, 0.25) is 0 Å². The van der Waals surface area contributed by atoms with E-state index in [9.17, 15) is 0 Å². The summed E-state index contributed by atoms with van der Waals surface area (Å²) in [6.45, 7) is 2.60. The molecule has 2 aromatic carbocycles. The molecular formula is C17H19N3O2S. The van der Waals surface area contributed by atoms with Gasteiger partial charge in [-0.15, -0.1) is 0 Å². The van der Waals surface area contributed by atoms with Crippen LogP contribution in [-0.4, -0.2) is 25.0 Å². The Kier molecular flexibility index (Phi) is 6.38. The summed E-state index contributed by atoms with van der Waals surface area (Å²) in [6.07, 6.45) is 1.69. The number of thiocarbonyl (C=S) groups is 1. The first-order valence-corrected chi connectivity index (χ1v) is 7.59. The Bertz CT molecular complexity index is 672. The fourth-order valence-corrected chi connectivity index (χ4v) is 2.04. The number of ether oxygens (including phenoxy) is 2. The number of nitrogens with one attached hydrogen (secondary N) is 2. The van der Waals surface area contributed by atoms with Crippen molar-refractivity contribution in [3.63, 3.8) is 0 Å². The third kappa shape index (κ3) is 5.27. The van der Waals surface area contributed by atoms with Gasteiger partial charge in [-0.1, -0.05) is 12.1 Å². The summed E-state index contributed by atoms with van der Waals surface area (Å²) in [5.74, 6) is 1.55. The lowest BCUT2D eigenvalue weighted by molar-refractivity contribution is 0.340. The molecular weight excluding hydrogens is 310 g/mol. The molecule has 0 atom stereocenters. The Hall–Kier alpha value is -2.60. The number of benzene rings is 2. The number of methoxy groups -OCH3 is 1. The van der Waals surface area contributed by atoms with Gasteiger partial charge in [-0.05, 0) is 61.1 Å². The molecule has 0 unspecified atom stereocenters. The molecule has 0 amide bonds. The van der Waals surface area contributed by atoms with E-state index in [4.69, 9.17) is 21.7 Å². The van der Waals surface area contributed by atoms with Crippen LogP contribution < -0.4 is 20.2 Å². The molecule has 23 heavy (non-hydrogen) atoms. The van der Waals surface area contributed by atoms with Crippen LogP contribution in [0.5, 0.6) is 11.5 Å². The summed E-state index contributed by atoms with van der Waals surface area (Å²) in [4.78, 5) is 0. The lowest BCUT2D eigenvalue weighted by atomic mass is 10.2. The van der Waals surface area contributed by atoms with E-state index in [0.29, 0.717) is 17.5 Å². The topological polar surface area (TPSA) is 54.9 Å². The second-order valence-corrected chi connectivity index (χ2v) is 4.93. The van der Waals surface area contributed by atoms with Gasteiger partial charge in [-0.25, -0.2) is 0 Å². The van der Waals surface area contributed by atoms with Crippen molar-refractivity contribution in [3.05, 3.63) is 54.1 Å². The molecule has 6 heteroatoms. The van der Waals surface area contributed by atoms with Crippen molar-refractivity contribution in [1.29, 1.82) is 0 Å². The van der Waals surface area contributed by atoms with Gasteiger partial charge in [0.05, 0.1) is 25.6 Å². The summed E-state index contributed by atoms with van der Waals surface area (Å²) in [5.41, 5.74) is 4.50. The molecule has 0 aliphatic heterocycles. The maximum Gasteiger partial charge on any atom is 0.191 e. The summed E-state index contributed by atoms with van der Waals surface area (Å²) < 4.78 is 10.6. The van der Waals surface area contributed by atoms with E-state index in [1.165, 1.54) is 0 Å². The highest BCUT2D eigenvalue weighted by atomic mass is 32.1. The molecule has 120 valence electrons. The molecule has 0 saturated carbocycles. The maximum absolute atomic E-state index is 5.39. The SMILES string of the molecule is CCOc1ccc(C=NNC(=S)Nc2ccccc2OC)cc1. The normalized spacial score (nSPS) is 10.3. The second-order valence-electron chi connectivity index (χ2n) is 4.53. The minimum Gasteiger partial charge on any atom is -0.495 e. The van der Waals surface area contributed by atoms with Crippen LogP contribution in [0.3, 0.4) is 0 Å². The van der Waals surface area contributed by atoms with E-state index in [2.05, 4.69) is 15.8 Å². The van der Waals surface area contributed by atoms with E-state index >= 15 is 0 Å². The molecule has 0 heterocycles. The molecule has 0 spiro atoms. The van der Waals surface area contributed by atoms with Gasteiger partial charge in [0.1, 0.15) is 11.5 Å². The third-order valence-electron chi connectivity index (χ3n) is 2.93. The van der Waals surface area contributed by atoms with Crippen LogP contribution in [-0.2, 0) is 0 Å². The first-order valence-electron chi connectivity index (χ1n) is 7.19. The van der Waals surface area contributed by atoms with Crippen LogP contribution in [0.4, 0.5) is 5.69 Å². The van der Waals surface area contributed by atoms with Crippen molar-refractivity contribution in [2.45, 2.75) is 6.92 Å². The average molecular weight is 329 g/mol. The van der Waals surface area contributed by atoms with Gasteiger partial charge < -0.3 is 14.8 Å². The Morgan fingerprint density at radius 1 is 1.17 bits per heavy atom. The van der Waals surface area contributed by atoms with Gasteiger partial charge in [0, 0.05) is 0 Å². The van der Waals surface area contributed by atoms with Crippen LogP contribution >= 0.6 is 12.2 Å². The Morgan fingerprint density at radius 3 is 2.61 bits per heavy atom. The minimum atomic E-state index is 0.386. The maximum atomic E-state index is 5.39. The molecule has 0 aliphatic rings. The van der Waals surface area contributed by atoms with Crippen LogP contribution in [0.1, 0.15) is 12.5 Å². The van der Waals surface area contributed by atoms with Gasteiger partial charge >= 0.3 is 0 Å². The lowest BCUT2D eigenvalue weighted by Gasteiger charge is -2.10. The fourth-order valence-electron chi connectivity index (χ4n) is 1.88. The number of para-hydroxylation sites is 2. The first kappa shape index (κ1) is 16.8. The smallest absolute Gasteiger partial charge is 0.191 e. The Morgan fingerprint density at radius 2 is 1.91 bits per heavy atom. The molecule has 0 bridgehead atoms. The van der Waals surface area contributed by atoms with Crippen LogP contribution in [0.25, 0.3) is 0 Å². The monoisotopic (exact) mass is 329 g/mol. The summed E-state index contributed by atoms with van der Waals surface area (Å²) >= 11 is 5.20. The van der Waals surface area contributed by atoms with E-state index < -0.39 is 0 Å². The quantitative estimate of drug-likeness (QED) is 0.483. The largest absolute Gasteiger partial charge is 0.495 e. The number of hydrogen-bond donors (Lipinski definition) is 2. The summed E-state index contributed by atoms with van der Waals surface area (Å²) in [6, 6.07) is 15.2. The highest BCUT2D eigenvalue weighted by Crippen LogP contribution is 2.22. The fraction of sp³-hybridized carbons (Fsp3) is 0.176. The number of hydrazone groups is 1. The van der Waals surface area contributed by atoms with Gasteiger partial charge in [0.25, 0.3) is 0 Å². The minimum absolute atomic E-state index is 0.386. The van der Waals surface area contributed by atoms with Crippen molar-refractivity contribution in [1.82, 2.24) is 5.43 Å². The predicted molar refractivity (Wildman–Crippen MR) is 97.6 cm³/mol. The molecule has 0 saturated heterocycles.